The van der Waals surface area contributed by atoms with Gasteiger partial charge in [0.25, 0.3) is 0 Å². The van der Waals surface area contributed by atoms with Crippen LogP contribution in [0, 0.1) is 16.6 Å². The number of primary amides is 1. The Bertz CT molecular complexity index is 924. The van der Waals surface area contributed by atoms with Crippen LogP contribution in [0.25, 0.3) is 0 Å². The Hall–Kier alpha value is -2.73. The first-order valence-electron chi connectivity index (χ1n) is 11.1. The number of hydrogen-bond acceptors (Lipinski definition) is 4. The van der Waals surface area contributed by atoms with Crippen molar-refractivity contribution in [2.75, 3.05) is 13.1 Å². The number of nitrogens with zero attached hydrogens (tertiary/aromatic N) is 1. The molecule has 1 fully saturated rings. The van der Waals surface area contributed by atoms with Crippen molar-refractivity contribution in [3.05, 3.63) is 71.5 Å². The van der Waals surface area contributed by atoms with Gasteiger partial charge >= 0.3 is 6.09 Å². The van der Waals surface area contributed by atoms with Crippen molar-refractivity contribution in [3.63, 3.8) is 0 Å². The molecule has 3 rings (SSSR count). The molecular weight excluding hydrogens is 407 g/mol. The van der Waals surface area contributed by atoms with Gasteiger partial charge in [0.05, 0.1) is 0 Å². The Kier molecular flexibility index (Phi) is 7.34. The lowest BCUT2D eigenvalue weighted by molar-refractivity contribution is -0.125. The third-order valence-electron chi connectivity index (χ3n) is 6.15. The Labute approximate surface area is 189 Å². The number of hydrogen-bond donors (Lipinski definition) is 1. The topological polar surface area (TPSA) is 72.6 Å². The first kappa shape index (κ1) is 23.9. The summed E-state index contributed by atoms with van der Waals surface area (Å²) >= 11 is 0. The van der Waals surface area contributed by atoms with Crippen LogP contribution in [0.5, 0.6) is 0 Å². The molecule has 1 heterocycles. The van der Waals surface area contributed by atoms with Gasteiger partial charge in [-0.3, -0.25) is 9.69 Å². The second kappa shape index (κ2) is 9.82. The average molecular weight is 441 g/mol. The van der Waals surface area contributed by atoms with Crippen LogP contribution in [0.3, 0.4) is 0 Å². The van der Waals surface area contributed by atoms with Crippen LogP contribution >= 0.6 is 0 Å². The Morgan fingerprint density at radius 3 is 2.34 bits per heavy atom. The molecule has 5 nitrogen and oxygen atoms in total. The molecule has 1 aliphatic rings. The van der Waals surface area contributed by atoms with Crippen molar-refractivity contribution in [1.82, 2.24) is 4.90 Å². The molecule has 0 aromatic heterocycles. The summed E-state index contributed by atoms with van der Waals surface area (Å²) in [5, 5.41) is 0. The molecule has 2 aromatic carbocycles. The van der Waals surface area contributed by atoms with Gasteiger partial charge in [-0.2, -0.15) is 0 Å². The molecule has 2 aromatic rings. The monoisotopic (exact) mass is 440 g/mol. The van der Waals surface area contributed by atoms with E-state index in [0.717, 1.165) is 25.1 Å². The van der Waals surface area contributed by atoms with Gasteiger partial charge in [-0.1, -0.05) is 63.2 Å². The molecule has 2 atom stereocenters. The van der Waals surface area contributed by atoms with E-state index in [1.165, 1.54) is 17.7 Å². The number of amides is 1. The molecule has 1 saturated heterocycles. The standard InChI is InChI=1S/C26H33FN2O3/c1-25(2,3)23(32-24(28)31)26(16-22(30)15-19-9-11-21(27)12-10-19)13-14-29(18-26)17-20-7-5-4-6-8-20/h4-12,23H,13-18H2,1-3H3,(H2,28,31). The largest absolute Gasteiger partial charge is 0.445 e. The Balaban J connectivity index is 1.84. The van der Waals surface area contributed by atoms with Gasteiger partial charge in [0.15, 0.2) is 0 Å². The fourth-order valence-corrected chi connectivity index (χ4v) is 5.03. The summed E-state index contributed by atoms with van der Waals surface area (Å²) in [4.78, 5) is 27.3. The highest BCUT2D eigenvalue weighted by Gasteiger charge is 2.51. The number of halogens is 1. The first-order chi connectivity index (χ1) is 15.1. The van der Waals surface area contributed by atoms with Crippen molar-refractivity contribution in [3.8, 4) is 0 Å². The number of ketones is 1. The maximum absolute atomic E-state index is 13.2. The predicted molar refractivity (Wildman–Crippen MR) is 122 cm³/mol. The lowest BCUT2D eigenvalue weighted by Crippen LogP contribution is -2.50. The second-order valence-corrected chi connectivity index (χ2v) is 10.0. The summed E-state index contributed by atoms with van der Waals surface area (Å²) in [6.07, 6.45) is -0.120. The number of likely N-dealkylation sites (tertiary alicyclic amines) is 1. The summed E-state index contributed by atoms with van der Waals surface area (Å²) < 4.78 is 18.9. The van der Waals surface area contributed by atoms with Crippen LogP contribution in [-0.2, 0) is 22.5 Å². The Morgan fingerprint density at radius 1 is 1.09 bits per heavy atom. The van der Waals surface area contributed by atoms with Gasteiger partial charge in [-0.05, 0) is 41.6 Å². The van der Waals surface area contributed by atoms with E-state index in [9.17, 15) is 14.0 Å². The minimum Gasteiger partial charge on any atom is -0.445 e. The molecule has 1 aliphatic heterocycles. The van der Waals surface area contributed by atoms with E-state index >= 15 is 0 Å². The zero-order valence-corrected chi connectivity index (χ0v) is 19.1. The van der Waals surface area contributed by atoms with Crippen LogP contribution in [0.1, 0.15) is 44.7 Å². The van der Waals surface area contributed by atoms with E-state index in [2.05, 4.69) is 17.0 Å². The molecule has 1 amide bonds. The zero-order valence-electron chi connectivity index (χ0n) is 19.1. The van der Waals surface area contributed by atoms with E-state index in [1.54, 1.807) is 12.1 Å². The van der Waals surface area contributed by atoms with Gasteiger partial charge in [-0.15, -0.1) is 0 Å². The number of carbonyl (C=O) groups excluding carboxylic acids is 2. The van der Waals surface area contributed by atoms with Crippen LogP contribution < -0.4 is 5.73 Å². The second-order valence-electron chi connectivity index (χ2n) is 10.0. The molecule has 0 spiro atoms. The minimum absolute atomic E-state index is 0.0421. The van der Waals surface area contributed by atoms with Gasteiger partial charge in [0.1, 0.15) is 17.7 Å². The summed E-state index contributed by atoms with van der Waals surface area (Å²) in [5.41, 5.74) is 6.48. The summed E-state index contributed by atoms with van der Waals surface area (Å²) in [6.45, 7) is 8.22. The highest BCUT2D eigenvalue weighted by molar-refractivity contribution is 5.81. The van der Waals surface area contributed by atoms with Crippen LogP contribution in [0.4, 0.5) is 9.18 Å². The minimum atomic E-state index is -0.822. The molecule has 172 valence electrons. The number of benzene rings is 2. The lowest BCUT2D eigenvalue weighted by atomic mass is 9.67. The third kappa shape index (κ3) is 6.16. The fourth-order valence-electron chi connectivity index (χ4n) is 5.03. The lowest BCUT2D eigenvalue weighted by Gasteiger charge is -2.43. The van der Waals surface area contributed by atoms with Crippen LogP contribution in [0.2, 0.25) is 0 Å². The third-order valence-corrected chi connectivity index (χ3v) is 6.15. The van der Waals surface area contributed by atoms with Crippen molar-refractivity contribution < 1.29 is 18.7 Å². The molecule has 32 heavy (non-hydrogen) atoms. The number of carbonyl (C=O) groups is 2. The SMILES string of the molecule is CC(C)(C)C(OC(N)=O)C1(CC(=O)Cc2ccc(F)cc2)CCN(Cc2ccccc2)C1. The Morgan fingerprint density at radius 2 is 1.75 bits per heavy atom. The summed E-state index contributed by atoms with van der Waals surface area (Å²) in [7, 11) is 0. The molecule has 0 radical (unpaired) electrons. The first-order valence-corrected chi connectivity index (χ1v) is 11.1. The number of Topliss-reactive ketones (excluding diaryl/α,β-unsaturated/α-hetero) is 1. The van der Waals surface area contributed by atoms with E-state index in [1.807, 2.05) is 39.0 Å². The van der Waals surface area contributed by atoms with E-state index in [4.69, 9.17) is 10.5 Å². The molecule has 0 aliphatic carbocycles. The average Bonchev–Trinajstić information content (AvgIpc) is 3.10. The quantitative estimate of drug-likeness (QED) is 0.644. The molecule has 6 heteroatoms. The van der Waals surface area contributed by atoms with E-state index in [0.29, 0.717) is 6.54 Å². The van der Waals surface area contributed by atoms with Crippen LogP contribution in [0.15, 0.2) is 54.6 Å². The van der Waals surface area contributed by atoms with Crippen molar-refractivity contribution in [2.45, 2.75) is 52.7 Å². The van der Waals surface area contributed by atoms with Gasteiger partial charge in [0.2, 0.25) is 0 Å². The maximum atomic E-state index is 13.2. The fraction of sp³-hybridized carbons (Fsp3) is 0.462. The number of nitrogens with two attached hydrogens (primary N) is 1. The van der Waals surface area contributed by atoms with E-state index < -0.39 is 23.0 Å². The van der Waals surface area contributed by atoms with Gasteiger partial charge in [0, 0.05) is 31.3 Å². The highest BCUT2D eigenvalue weighted by atomic mass is 19.1. The molecule has 0 bridgehead atoms. The molecular formula is C26H33FN2O3. The summed E-state index contributed by atoms with van der Waals surface area (Å²) in [5.74, 6) is -0.284. The number of ether oxygens (including phenoxy) is 1. The molecule has 0 saturated carbocycles. The molecule has 2 N–H and O–H groups in total. The zero-order chi connectivity index (χ0) is 23.4. The van der Waals surface area contributed by atoms with Crippen LogP contribution in [-0.4, -0.2) is 36.0 Å². The number of rotatable bonds is 8. The smallest absolute Gasteiger partial charge is 0.404 e. The predicted octanol–water partition coefficient (Wildman–Crippen LogP) is 4.73. The van der Waals surface area contributed by atoms with Crippen molar-refractivity contribution in [1.29, 1.82) is 0 Å². The maximum Gasteiger partial charge on any atom is 0.404 e. The van der Waals surface area contributed by atoms with E-state index in [-0.39, 0.29) is 24.4 Å². The van der Waals surface area contributed by atoms with Gasteiger partial charge in [-0.25, -0.2) is 9.18 Å². The van der Waals surface area contributed by atoms with Gasteiger partial charge < -0.3 is 10.5 Å². The summed E-state index contributed by atoms with van der Waals surface area (Å²) in [6, 6.07) is 16.2. The highest BCUT2D eigenvalue weighted by Crippen LogP contribution is 2.46. The molecule has 2 unspecified atom stereocenters. The van der Waals surface area contributed by atoms with Crippen molar-refractivity contribution in [2.24, 2.45) is 16.6 Å². The van der Waals surface area contributed by atoms with Crippen molar-refractivity contribution >= 4 is 11.9 Å². The normalized spacial score (nSPS) is 20.1.